The van der Waals surface area contributed by atoms with Crippen molar-refractivity contribution < 1.29 is 78.7 Å². The van der Waals surface area contributed by atoms with Crippen LogP contribution in [0.25, 0.3) is 0 Å². The SMILES string of the molecule is CC(CCC(OC1OC(CO)C(O)C(O)C1OC1OC(CO)C(O)C(O)C1O)C(C)(C)O)C1CC[C]2[C]1C[CH][C]1C2CC=C2C1CCC(OC1[CH][CH][CH]C(COC3[CH][CH][CH][CH]O3)O1)C2(C)C. The Morgan fingerprint density at radius 1 is 0.773 bits per heavy atom. The van der Waals surface area contributed by atoms with Crippen LogP contribution in [0.3, 0.4) is 0 Å². The molecule has 19 unspecified atom stereocenters. The van der Waals surface area contributed by atoms with Gasteiger partial charge in [-0.05, 0) is 139 Å². The Balaban J connectivity index is 0.867. The molecule has 3 saturated carbocycles. The van der Waals surface area contributed by atoms with Crippen LogP contribution in [0.1, 0.15) is 86.0 Å². The fraction of sp³-hybridized carbons (Fsp3) is 0.740. The molecule has 0 aromatic carbocycles. The van der Waals surface area contributed by atoms with E-state index in [0.29, 0.717) is 37.2 Å². The third-order valence-corrected chi connectivity index (χ3v) is 15.5. The maximum atomic E-state index is 11.4. The van der Waals surface area contributed by atoms with Crippen molar-refractivity contribution in [2.45, 2.75) is 184 Å². The highest BCUT2D eigenvalue weighted by Gasteiger charge is 2.56. The van der Waals surface area contributed by atoms with Crippen LogP contribution in [0.5, 0.6) is 0 Å². The predicted octanol–water partition coefficient (Wildman–Crippen LogP) is 2.18. The molecule has 7 fully saturated rings. The molecule has 66 heavy (non-hydrogen) atoms. The van der Waals surface area contributed by atoms with Gasteiger partial charge in [0, 0.05) is 18.3 Å². The zero-order valence-electron chi connectivity index (χ0n) is 38.8. The number of ether oxygens (including phenoxy) is 8. The number of rotatable bonds is 16. The van der Waals surface area contributed by atoms with Crippen molar-refractivity contribution >= 4 is 0 Å². The van der Waals surface area contributed by atoms with Crippen molar-refractivity contribution in [3.8, 4) is 0 Å². The minimum absolute atomic E-state index is 0.00805. The quantitative estimate of drug-likeness (QED) is 0.104. The number of fused-ring (bicyclic) bond motifs is 5. The summed E-state index contributed by atoms with van der Waals surface area (Å²) < 4.78 is 48.1. The fourth-order valence-electron chi connectivity index (χ4n) is 11.7. The topological polar surface area (TPSA) is 236 Å². The van der Waals surface area contributed by atoms with E-state index in [1.165, 1.54) is 11.5 Å². The maximum absolute atomic E-state index is 11.4. The molecule has 4 saturated heterocycles. The van der Waals surface area contributed by atoms with Gasteiger partial charge in [0.25, 0.3) is 0 Å². The number of aliphatic hydroxyl groups is 8. The smallest absolute Gasteiger partial charge is 0.187 e. The van der Waals surface area contributed by atoms with Crippen molar-refractivity contribution in [3.63, 3.8) is 0 Å². The molecule has 11 radical (unpaired) electrons. The first-order chi connectivity index (χ1) is 31.5. The van der Waals surface area contributed by atoms with Gasteiger partial charge in [-0.2, -0.15) is 0 Å². The third-order valence-electron chi connectivity index (χ3n) is 15.5. The highest BCUT2D eigenvalue weighted by Crippen LogP contribution is 2.63. The Morgan fingerprint density at radius 2 is 1.50 bits per heavy atom. The molecule has 4 aliphatic carbocycles. The third kappa shape index (κ3) is 10.9. The molecular formula is C50H73O16. The first kappa shape index (κ1) is 51.5. The Morgan fingerprint density at radius 3 is 2.21 bits per heavy atom. The van der Waals surface area contributed by atoms with Gasteiger partial charge in [0.1, 0.15) is 48.8 Å². The van der Waals surface area contributed by atoms with Crippen LogP contribution in [-0.4, -0.2) is 159 Å². The van der Waals surface area contributed by atoms with Crippen LogP contribution in [0.4, 0.5) is 0 Å². The Kier molecular flexibility index (Phi) is 17.0. The summed E-state index contributed by atoms with van der Waals surface area (Å²) in [5.74, 6) is 6.02. The maximum Gasteiger partial charge on any atom is 0.187 e. The molecule has 0 amide bonds. The van der Waals surface area contributed by atoms with Crippen molar-refractivity contribution in [3.05, 3.63) is 81.0 Å². The summed E-state index contributed by atoms with van der Waals surface area (Å²) in [6.45, 7) is 10.7. The van der Waals surface area contributed by atoms with Gasteiger partial charge in [-0.3, -0.25) is 0 Å². The number of hydrogen-bond donors (Lipinski definition) is 8. The van der Waals surface area contributed by atoms with E-state index in [9.17, 15) is 40.9 Å². The van der Waals surface area contributed by atoms with Crippen LogP contribution in [-0.2, 0) is 37.9 Å². The van der Waals surface area contributed by atoms with Crippen LogP contribution in [0.2, 0.25) is 0 Å². The second-order valence-electron chi connectivity index (χ2n) is 20.5. The van der Waals surface area contributed by atoms with E-state index in [-0.39, 0.29) is 23.5 Å². The van der Waals surface area contributed by atoms with E-state index >= 15 is 0 Å². The van der Waals surface area contributed by atoms with Gasteiger partial charge in [-0.1, -0.05) is 32.4 Å². The molecule has 0 bridgehead atoms. The van der Waals surface area contributed by atoms with Gasteiger partial charge < -0.3 is 78.7 Å². The average molecular weight is 930 g/mol. The summed E-state index contributed by atoms with van der Waals surface area (Å²) in [5.41, 5.74) is -0.130. The summed E-state index contributed by atoms with van der Waals surface area (Å²) in [6, 6.07) is 0. The summed E-state index contributed by atoms with van der Waals surface area (Å²) in [7, 11) is 0. The Labute approximate surface area is 391 Å². The van der Waals surface area contributed by atoms with Crippen molar-refractivity contribution in [1.82, 2.24) is 0 Å². The summed E-state index contributed by atoms with van der Waals surface area (Å²) in [5, 5.41) is 84.5. The molecule has 4 aliphatic heterocycles. The number of hydrogen-bond acceptors (Lipinski definition) is 16. The van der Waals surface area contributed by atoms with Gasteiger partial charge in [0.15, 0.2) is 25.2 Å². The average Bonchev–Trinajstić information content (AvgIpc) is 3.75. The van der Waals surface area contributed by atoms with Gasteiger partial charge in [0.05, 0.1) is 50.3 Å². The molecule has 0 spiro atoms. The zero-order chi connectivity index (χ0) is 47.1. The molecular weight excluding hydrogens is 857 g/mol. The second-order valence-corrected chi connectivity index (χ2v) is 20.5. The monoisotopic (exact) mass is 929 g/mol. The molecule has 8 rings (SSSR count). The normalized spacial score (nSPS) is 43.7. The highest BCUT2D eigenvalue weighted by atomic mass is 16.8. The summed E-state index contributed by atoms with van der Waals surface area (Å²) in [6.07, 6.45) is 5.77. The van der Waals surface area contributed by atoms with Crippen molar-refractivity contribution in [2.24, 2.45) is 29.1 Å². The molecule has 369 valence electrons. The largest absolute Gasteiger partial charge is 0.394 e. The first-order valence-corrected chi connectivity index (χ1v) is 24.0. The Bertz CT molecular complexity index is 1570. The van der Waals surface area contributed by atoms with E-state index in [2.05, 4.69) is 33.3 Å². The lowest BCUT2D eigenvalue weighted by Crippen LogP contribution is -2.65. The van der Waals surface area contributed by atoms with E-state index in [1.54, 1.807) is 32.3 Å². The molecule has 8 N–H and O–H groups in total. The van der Waals surface area contributed by atoms with Crippen LogP contribution in [0, 0.1) is 98.4 Å². The number of aliphatic hydroxyl groups excluding tert-OH is 7. The summed E-state index contributed by atoms with van der Waals surface area (Å²) >= 11 is 0. The van der Waals surface area contributed by atoms with Gasteiger partial charge in [-0.15, -0.1) is 0 Å². The van der Waals surface area contributed by atoms with Gasteiger partial charge in [-0.25, -0.2) is 0 Å². The van der Waals surface area contributed by atoms with Gasteiger partial charge >= 0.3 is 0 Å². The van der Waals surface area contributed by atoms with Crippen LogP contribution < -0.4 is 0 Å². The van der Waals surface area contributed by atoms with Crippen molar-refractivity contribution in [2.75, 3.05) is 19.8 Å². The zero-order valence-corrected chi connectivity index (χ0v) is 38.8. The molecule has 19 atom stereocenters. The minimum Gasteiger partial charge on any atom is -0.394 e. The second kappa shape index (κ2) is 21.8. The predicted molar refractivity (Wildman–Crippen MR) is 234 cm³/mol. The molecule has 16 nitrogen and oxygen atoms in total. The number of allylic oxidation sites excluding steroid dienone is 1. The van der Waals surface area contributed by atoms with E-state index in [1.807, 2.05) is 38.5 Å². The lowest BCUT2D eigenvalue weighted by Gasteiger charge is -2.54. The first-order valence-electron chi connectivity index (χ1n) is 24.0. The standard InChI is InChI=1S/C50H73O16/c1-26(12-20-38(50(4,5)58)65-48-46(44(56)42(54)36(24-52)63-48)66-47-45(57)43(55)41(53)35(23-51)62-47)28-13-14-30-29(28)15-16-32-31(30)17-19-34-33(32)18-21-37(49(34,2)3)64-40-11-8-9-27(61-40)25-60-39-10-6-7-22-59-39/h6-11,16,19,22,26-28,31,33,35-48,51-58H,12-15,17-18,20-21,23-25H2,1-5H3. The van der Waals surface area contributed by atoms with E-state index in [4.69, 9.17) is 37.9 Å². The molecule has 8 aliphatic rings. The van der Waals surface area contributed by atoms with E-state index in [0.717, 1.165) is 38.5 Å². The van der Waals surface area contributed by atoms with E-state index < -0.39 is 98.9 Å². The molecule has 16 heteroatoms. The highest BCUT2D eigenvalue weighted by molar-refractivity contribution is 5.46. The lowest BCUT2D eigenvalue weighted by atomic mass is 9.52. The van der Waals surface area contributed by atoms with Gasteiger partial charge in [0.2, 0.25) is 0 Å². The lowest BCUT2D eigenvalue weighted by molar-refractivity contribution is -0.375. The minimum atomic E-state index is -1.79. The van der Waals surface area contributed by atoms with Crippen molar-refractivity contribution in [1.29, 1.82) is 0 Å². The Hall–Kier alpha value is -0.900. The molecule has 4 heterocycles. The van der Waals surface area contributed by atoms with Crippen LogP contribution >= 0.6 is 0 Å². The summed E-state index contributed by atoms with van der Waals surface area (Å²) in [4.78, 5) is 0. The van der Waals surface area contributed by atoms with Crippen LogP contribution in [0.15, 0.2) is 11.6 Å². The molecule has 0 aromatic rings. The fourth-order valence-corrected chi connectivity index (χ4v) is 11.7. The molecule has 0 aromatic heterocycles.